The lowest BCUT2D eigenvalue weighted by atomic mass is 10.2. The number of aromatic amines is 1. The lowest BCUT2D eigenvalue weighted by molar-refractivity contribution is 0.262. The third-order valence-corrected chi connectivity index (χ3v) is 3.93. The van der Waals surface area contributed by atoms with Crippen molar-refractivity contribution in [2.45, 2.75) is 13.3 Å². The first-order chi connectivity index (χ1) is 12.9. The van der Waals surface area contributed by atoms with Crippen LogP contribution in [0.4, 0.5) is 30.8 Å². The molecule has 0 aliphatic heterocycles. The Kier molecular flexibility index (Phi) is 5.23. The van der Waals surface area contributed by atoms with Gasteiger partial charge in [-0.15, -0.1) is 0 Å². The molecule has 0 fully saturated rings. The summed E-state index contributed by atoms with van der Waals surface area (Å²) in [5.41, 5.74) is -0.253. The monoisotopic (exact) mass is 397 g/mol. The Morgan fingerprint density at radius 3 is 2.78 bits per heavy atom. The van der Waals surface area contributed by atoms with Crippen molar-refractivity contribution in [3.63, 3.8) is 0 Å². The second kappa shape index (κ2) is 7.59. The van der Waals surface area contributed by atoms with Gasteiger partial charge < -0.3 is 5.32 Å². The van der Waals surface area contributed by atoms with E-state index in [2.05, 4.69) is 25.5 Å². The quantitative estimate of drug-likeness (QED) is 0.418. The highest BCUT2D eigenvalue weighted by Crippen LogP contribution is 2.27. The SMILES string of the molecule is CCc1[nH]nc2ncnc(NC(=O)Nc3c(F)ccc(NS(=O)O)c3F)c12. The number of amides is 2. The van der Waals surface area contributed by atoms with Crippen LogP contribution in [0.25, 0.3) is 11.0 Å². The highest BCUT2D eigenvalue weighted by molar-refractivity contribution is 7.80. The van der Waals surface area contributed by atoms with E-state index in [1.165, 1.54) is 6.33 Å². The zero-order chi connectivity index (χ0) is 19.6. The molecule has 2 aromatic heterocycles. The van der Waals surface area contributed by atoms with Crippen LogP contribution < -0.4 is 15.4 Å². The van der Waals surface area contributed by atoms with E-state index < -0.39 is 40.3 Å². The van der Waals surface area contributed by atoms with Crippen LogP contribution in [0.15, 0.2) is 18.5 Å². The molecule has 2 amide bonds. The van der Waals surface area contributed by atoms with Crippen molar-refractivity contribution in [2.24, 2.45) is 0 Å². The van der Waals surface area contributed by atoms with Gasteiger partial charge in [0.25, 0.3) is 11.3 Å². The van der Waals surface area contributed by atoms with Gasteiger partial charge in [-0.1, -0.05) is 6.92 Å². The summed E-state index contributed by atoms with van der Waals surface area (Å²) >= 11 is -2.57. The minimum Gasteiger partial charge on any atom is -0.302 e. The summed E-state index contributed by atoms with van der Waals surface area (Å²) in [6.07, 6.45) is 1.75. The average molecular weight is 397 g/mol. The molecule has 3 rings (SSSR count). The smallest absolute Gasteiger partial charge is 0.302 e. The molecule has 0 radical (unpaired) electrons. The largest absolute Gasteiger partial charge is 0.325 e. The fraction of sp³-hybridized carbons (Fsp3) is 0.143. The number of rotatable bonds is 5. The number of carbonyl (C=O) groups excluding carboxylic acids is 1. The molecule has 1 atom stereocenters. The van der Waals surface area contributed by atoms with Crippen LogP contribution in [0.3, 0.4) is 0 Å². The molecule has 1 unspecified atom stereocenters. The zero-order valence-electron chi connectivity index (χ0n) is 13.7. The number of nitrogens with zero attached hydrogens (tertiary/aromatic N) is 3. The molecule has 0 bridgehead atoms. The number of carbonyl (C=O) groups is 1. The van der Waals surface area contributed by atoms with Crippen molar-refractivity contribution < 1.29 is 22.3 Å². The van der Waals surface area contributed by atoms with E-state index in [9.17, 15) is 17.8 Å². The third kappa shape index (κ3) is 3.83. The number of hydrogen-bond acceptors (Lipinski definition) is 5. The summed E-state index contributed by atoms with van der Waals surface area (Å²) in [5, 5.41) is 11.6. The second-order valence-corrected chi connectivity index (χ2v) is 5.89. The van der Waals surface area contributed by atoms with Gasteiger partial charge in [-0.3, -0.25) is 19.7 Å². The van der Waals surface area contributed by atoms with Crippen LogP contribution in [0.2, 0.25) is 0 Å². The maximum absolute atomic E-state index is 14.3. The van der Waals surface area contributed by atoms with Gasteiger partial charge in [0.05, 0.1) is 11.1 Å². The van der Waals surface area contributed by atoms with E-state index >= 15 is 0 Å². The number of halogens is 2. The van der Waals surface area contributed by atoms with Crippen molar-refractivity contribution in [2.75, 3.05) is 15.4 Å². The molecule has 1 aromatic carbocycles. The molecule has 13 heteroatoms. The van der Waals surface area contributed by atoms with Crippen molar-refractivity contribution in [3.05, 3.63) is 35.8 Å². The van der Waals surface area contributed by atoms with Crippen LogP contribution >= 0.6 is 0 Å². The number of nitrogens with one attached hydrogen (secondary N) is 4. The highest BCUT2D eigenvalue weighted by atomic mass is 32.2. The van der Waals surface area contributed by atoms with Gasteiger partial charge in [-0.25, -0.2) is 27.8 Å². The molecule has 0 saturated heterocycles. The summed E-state index contributed by atoms with van der Waals surface area (Å²) in [4.78, 5) is 20.1. The molecule has 3 aromatic rings. The Bertz CT molecular complexity index is 1040. The number of fused-ring (bicyclic) bond motifs is 1. The molecule has 10 nitrogen and oxygen atoms in total. The molecule has 142 valence electrons. The zero-order valence-corrected chi connectivity index (χ0v) is 14.5. The van der Waals surface area contributed by atoms with Crippen molar-refractivity contribution in [1.29, 1.82) is 0 Å². The van der Waals surface area contributed by atoms with E-state index in [1.807, 2.05) is 17.0 Å². The van der Waals surface area contributed by atoms with Gasteiger partial charge >= 0.3 is 6.03 Å². The Hall–Kier alpha value is -3.19. The van der Waals surface area contributed by atoms with Crippen LogP contribution in [-0.4, -0.2) is 35.0 Å². The van der Waals surface area contributed by atoms with Gasteiger partial charge in [-0.05, 0) is 18.6 Å². The Labute approximate surface area is 153 Å². The van der Waals surface area contributed by atoms with Crippen molar-refractivity contribution >= 4 is 45.5 Å². The molecule has 0 aliphatic carbocycles. The van der Waals surface area contributed by atoms with Gasteiger partial charge in [-0.2, -0.15) is 5.10 Å². The summed E-state index contributed by atoms with van der Waals surface area (Å²) in [6.45, 7) is 1.86. The van der Waals surface area contributed by atoms with E-state index in [0.29, 0.717) is 23.1 Å². The topological polar surface area (TPSA) is 145 Å². The summed E-state index contributed by atoms with van der Waals surface area (Å²) in [5.74, 6) is -2.20. The molecule has 5 N–H and O–H groups in total. The number of benzene rings is 1. The van der Waals surface area contributed by atoms with E-state index in [0.717, 1.165) is 12.1 Å². The molecule has 0 spiro atoms. The number of urea groups is 1. The van der Waals surface area contributed by atoms with Crippen molar-refractivity contribution in [3.8, 4) is 0 Å². The van der Waals surface area contributed by atoms with Gasteiger partial charge in [0.1, 0.15) is 23.6 Å². The fourth-order valence-corrected chi connectivity index (χ4v) is 2.70. The van der Waals surface area contributed by atoms with Crippen LogP contribution in [-0.2, 0) is 17.7 Å². The normalized spacial score (nSPS) is 12.0. The molecule has 2 heterocycles. The first-order valence-corrected chi connectivity index (χ1v) is 8.62. The molecule has 0 aliphatic rings. The van der Waals surface area contributed by atoms with Gasteiger partial charge in [0, 0.05) is 5.69 Å². The van der Waals surface area contributed by atoms with Crippen LogP contribution in [0.1, 0.15) is 12.6 Å². The Morgan fingerprint density at radius 1 is 1.30 bits per heavy atom. The molecular formula is C14H13F2N7O3S. The number of aryl methyl sites for hydroxylation is 1. The first-order valence-electron chi connectivity index (χ1n) is 7.52. The van der Waals surface area contributed by atoms with Gasteiger partial charge in [0.2, 0.25) is 0 Å². The first kappa shape index (κ1) is 18.6. The maximum Gasteiger partial charge on any atom is 0.325 e. The molecule has 0 saturated carbocycles. The molecule has 27 heavy (non-hydrogen) atoms. The number of hydrogen-bond donors (Lipinski definition) is 5. The van der Waals surface area contributed by atoms with E-state index in [4.69, 9.17) is 4.55 Å². The Balaban J connectivity index is 1.87. The van der Waals surface area contributed by atoms with Crippen molar-refractivity contribution in [1.82, 2.24) is 20.2 Å². The highest BCUT2D eigenvalue weighted by Gasteiger charge is 2.19. The second-order valence-electron chi connectivity index (χ2n) is 5.19. The fourth-order valence-electron chi connectivity index (χ4n) is 2.36. The van der Waals surface area contributed by atoms with Gasteiger partial charge in [0.15, 0.2) is 11.5 Å². The minimum atomic E-state index is -2.57. The summed E-state index contributed by atoms with van der Waals surface area (Å²) in [6, 6.07) is 0.787. The predicted molar refractivity (Wildman–Crippen MR) is 94.5 cm³/mol. The lowest BCUT2D eigenvalue weighted by Gasteiger charge is -2.12. The Morgan fingerprint density at radius 2 is 2.07 bits per heavy atom. The number of aromatic nitrogens is 4. The number of anilines is 3. The molecular weight excluding hydrogens is 384 g/mol. The summed E-state index contributed by atoms with van der Waals surface area (Å²) in [7, 11) is 0. The average Bonchev–Trinajstić information content (AvgIpc) is 3.05. The predicted octanol–water partition coefficient (Wildman–Crippen LogP) is 2.39. The maximum atomic E-state index is 14.3. The van der Waals surface area contributed by atoms with Crippen LogP contribution in [0.5, 0.6) is 0 Å². The lowest BCUT2D eigenvalue weighted by Crippen LogP contribution is -2.22. The minimum absolute atomic E-state index is 0.106. The number of H-pyrrole nitrogens is 1. The van der Waals surface area contributed by atoms with E-state index in [1.54, 1.807) is 0 Å². The standard InChI is InChI=1S/C14H13F2N7O3S/c1-2-7-9-12(17-5-18-13(9)22-21-7)20-14(24)19-11-6(15)3-4-8(10(11)16)23-27(25)26/h3-5,23H,2H2,1H3,(H,25,26)(H3,17,18,19,20,21,22,24). The van der Waals surface area contributed by atoms with Crippen LogP contribution in [0, 0.1) is 11.6 Å². The summed E-state index contributed by atoms with van der Waals surface area (Å²) < 4.78 is 49.6. The van der Waals surface area contributed by atoms with E-state index in [-0.39, 0.29) is 5.82 Å². The third-order valence-electron chi connectivity index (χ3n) is 3.54.